The molecule has 22 heavy (non-hydrogen) atoms. The third-order valence-corrected chi connectivity index (χ3v) is 3.11. The van der Waals surface area contributed by atoms with Crippen molar-refractivity contribution < 1.29 is 14.3 Å². The lowest BCUT2D eigenvalue weighted by atomic mass is 10.2. The van der Waals surface area contributed by atoms with Crippen LogP contribution in [-0.4, -0.2) is 17.9 Å². The summed E-state index contributed by atoms with van der Waals surface area (Å²) in [7, 11) is 0. The fourth-order valence-corrected chi connectivity index (χ4v) is 1.92. The lowest BCUT2D eigenvalue weighted by molar-refractivity contribution is -0.122. The van der Waals surface area contributed by atoms with Crippen molar-refractivity contribution in [3.05, 3.63) is 59.7 Å². The number of hydrogen-bond acceptors (Lipinski definition) is 3. The summed E-state index contributed by atoms with van der Waals surface area (Å²) in [5, 5.41) is 2.79. The normalized spacial score (nSPS) is 11.5. The first-order valence-electron chi connectivity index (χ1n) is 6.90. The smallest absolute Gasteiger partial charge is 0.265 e. The van der Waals surface area contributed by atoms with Crippen LogP contribution in [0.2, 0.25) is 0 Å². The summed E-state index contributed by atoms with van der Waals surface area (Å²) in [6, 6.07) is 13.9. The quantitative estimate of drug-likeness (QED) is 0.889. The van der Waals surface area contributed by atoms with Crippen molar-refractivity contribution in [3.8, 4) is 5.75 Å². The van der Waals surface area contributed by atoms with Crippen LogP contribution in [0.25, 0.3) is 0 Å². The van der Waals surface area contributed by atoms with Crippen molar-refractivity contribution in [2.24, 2.45) is 5.73 Å². The number of nitrogens with one attached hydrogen (secondary N) is 1. The first kappa shape index (κ1) is 15.6. The van der Waals surface area contributed by atoms with Crippen molar-refractivity contribution in [2.45, 2.75) is 20.0 Å². The Morgan fingerprint density at radius 1 is 1.14 bits per heavy atom. The zero-order valence-electron chi connectivity index (χ0n) is 12.5. The van der Waals surface area contributed by atoms with Crippen LogP contribution in [0.3, 0.4) is 0 Å². The van der Waals surface area contributed by atoms with Crippen molar-refractivity contribution in [2.75, 3.05) is 5.32 Å². The van der Waals surface area contributed by atoms with Crippen LogP contribution >= 0.6 is 0 Å². The molecule has 0 saturated heterocycles. The van der Waals surface area contributed by atoms with E-state index in [1.165, 1.54) is 0 Å². The van der Waals surface area contributed by atoms with E-state index < -0.39 is 12.0 Å². The molecule has 2 aromatic carbocycles. The van der Waals surface area contributed by atoms with E-state index >= 15 is 0 Å². The third-order valence-electron chi connectivity index (χ3n) is 3.11. The second kappa shape index (κ2) is 6.76. The number of ether oxygens (including phenoxy) is 1. The highest BCUT2D eigenvalue weighted by molar-refractivity contribution is 5.94. The number of carbonyl (C=O) groups excluding carboxylic acids is 2. The highest BCUT2D eigenvalue weighted by Crippen LogP contribution is 2.15. The van der Waals surface area contributed by atoms with Crippen LogP contribution in [0, 0.1) is 6.92 Å². The summed E-state index contributed by atoms with van der Waals surface area (Å²) in [6.07, 6.45) is -0.667. The molecule has 0 radical (unpaired) electrons. The molecule has 114 valence electrons. The average molecular weight is 298 g/mol. The number of amides is 2. The third kappa shape index (κ3) is 4.09. The molecule has 2 amide bonds. The number of rotatable bonds is 5. The lowest BCUT2D eigenvalue weighted by Crippen LogP contribution is -2.30. The van der Waals surface area contributed by atoms with E-state index in [1.54, 1.807) is 31.2 Å². The maximum absolute atomic E-state index is 12.1. The van der Waals surface area contributed by atoms with Gasteiger partial charge in [0.1, 0.15) is 5.75 Å². The van der Waals surface area contributed by atoms with E-state index in [4.69, 9.17) is 10.5 Å². The Balaban J connectivity index is 1.97. The molecule has 0 heterocycles. The van der Waals surface area contributed by atoms with Gasteiger partial charge in [-0.3, -0.25) is 9.59 Å². The van der Waals surface area contributed by atoms with E-state index in [9.17, 15) is 9.59 Å². The average Bonchev–Trinajstić information content (AvgIpc) is 2.47. The van der Waals surface area contributed by atoms with Crippen LogP contribution in [0.4, 0.5) is 5.69 Å². The molecule has 2 rings (SSSR count). The lowest BCUT2D eigenvalue weighted by Gasteiger charge is -2.15. The minimum Gasteiger partial charge on any atom is -0.481 e. The van der Waals surface area contributed by atoms with Gasteiger partial charge in [-0.15, -0.1) is 0 Å². The molecular weight excluding hydrogens is 280 g/mol. The van der Waals surface area contributed by atoms with E-state index in [1.807, 2.05) is 31.2 Å². The minimum absolute atomic E-state index is 0.246. The Kier molecular flexibility index (Phi) is 4.78. The summed E-state index contributed by atoms with van der Waals surface area (Å²) in [6.45, 7) is 3.61. The number of nitrogens with two attached hydrogens (primary N) is 1. The number of anilines is 1. The molecule has 0 spiro atoms. The van der Waals surface area contributed by atoms with Gasteiger partial charge in [0.15, 0.2) is 6.10 Å². The number of aryl methyl sites for hydroxylation is 1. The molecule has 5 nitrogen and oxygen atoms in total. The molecular formula is C17H18N2O3. The molecule has 0 fully saturated rings. The van der Waals surface area contributed by atoms with Crippen LogP contribution in [0.5, 0.6) is 5.75 Å². The molecule has 0 bridgehead atoms. The Hall–Kier alpha value is -2.82. The Labute approximate surface area is 129 Å². The monoisotopic (exact) mass is 298 g/mol. The van der Waals surface area contributed by atoms with Crippen LogP contribution in [-0.2, 0) is 4.79 Å². The van der Waals surface area contributed by atoms with E-state index in [-0.39, 0.29) is 5.91 Å². The van der Waals surface area contributed by atoms with Crippen molar-refractivity contribution in [1.29, 1.82) is 0 Å². The Bertz CT molecular complexity index is 681. The highest BCUT2D eigenvalue weighted by Gasteiger charge is 2.15. The van der Waals surface area contributed by atoms with Gasteiger partial charge in [0.25, 0.3) is 5.91 Å². The van der Waals surface area contributed by atoms with Gasteiger partial charge in [-0.25, -0.2) is 0 Å². The van der Waals surface area contributed by atoms with E-state index in [2.05, 4.69) is 5.32 Å². The molecule has 0 aliphatic heterocycles. The van der Waals surface area contributed by atoms with Crippen molar-refractivity contribution in [1.82, 2.24) is 0 Å². The Morgan fingerprint density at radius 2 is 1.82 bits per heavy atom. The van der Waals surface area contributed by atoms with Crippen LogP contribution in [0.15, 0.2) is 48.5 Å². The zero-order chi connectivity index (χ0) is 16.1. The maximum Gasteiger partial charge on any atom is 0.265 e. The van der Waals surface area contributed by atoms with Gasteiger partial charge in [0, 0.05) is 11.3 Å². The van der Waals surface area contributed by atoms with Crippen molar-refractivity contribution in [3.63, 3.8) is 0 Å². The van der Waals surface area contributed by atoms with Gasteiger partial charge in [0.05, 0.1) is 0 Å². The molecule has 1 atom stereocenters. The van der Waals surface area contributed by atoms with Gasteiger partial charge in [-0.1, -0.05) is 12.1 Å². The molecule has 5 heteroatoms. The SMILES string of the molecule is Cc1cccc(NC(=O)[C@@H](C)Oc2ccc(C(N)=O)cc2)c1. The Morgan fingerprint density at radius 3 is 2.41 bits per heavy atom. The first-order valence-corrected chi connectivity index (χ1v) is 6.90. The number of carbonyl (C=O) groups is 2. The fraction of sp³-hybridized carbons (Fsp3) is 0.176. The number of benzene rings is 2. The number of primary amides is 1. The first-order chi connectivity index (χ1) is 10.5. The van der Waals surface area contributed by atoms with Crippen LogP contribution < -0.4 is 15.8 Å². The van der Waals surface area contributed by atoms with E-state index in [0.29, 0.717) is 11.3 Å². The maximum atomic E-state index is 12.1. The second-order valence-corrected chi connectivity index (χ2v) is 5.01. The minimum atomic E-state index is -0.667. The van der Waals surface area contributed by atoms with Gasteiger partial charge in [-0.05, 0) is 55.8 Å². The van der Waals surface area contributed by atoms with E-state index in [0.717, 1.165) is 11.3 Å². The molecule has 0 aliphatic rings. The molecule has 3 N–H and O–H groups in total. The summed E-state index contributed by atoms with van der Waals surface area (Å²) in [4.78, 5) is 23.1. The summed E-state index contributed by atoms with van der Waals surface area (Å²) < 4.78 is 5.55. The molecule has 0 aromatic heterocycles. The molecule has 2 aromatic rings. The summed E-state index contributed by atoms with van der Waals surface area (Å²) in [5.74, 6) is -0.252. The summed E-state index contributed by atoms with van der Waals surface area (Å²) in [5.41, 5.74) is 7.35. The zero-order valence-corrected chi connectivity index (χ0v) is 12.5. The second-order valence-electron chi connectivity index (χ2n) is 5.01. The van der Waals surface area contributed by atoms with Gasteiger partial charge >= 0.3 is 0 Å². The fourth-order valence-electron chi connectivity index (χ4n) is 1.92. The van der Waals surface area contributed by atoms with Crippen molar-refractivity contribution >= 4 is 17.5 Å². The molecule has 0 unspecified atom stereocenters. The van der Waals surface area contributed by atoms with Gasteiger partial charge in [0.2, 0.25) is 5.91 Å². The molecule has 0 aliphatic carbocycles. The molecule has 0 saturated carbocycles. The standard InChI is InChI=1S/C17H18N2O3/c1-11-4-3-5-14(10-11)19-17(21)12(2)22-15-8-6-13(7-9-15)16(18)20/h3-10,12H,1-2H3,(H2,18,20)(H,19,21)/t12-/m1/s1. The summed E-state index contributed by atoms with van der Waals surface area (Å²) >= 11 is 0. The van der Waals surface area contributed by atoms with Crippen LogP contribution in [0.1, 0.15) is 22.8 Å². The largest absolute Gasteiger partial charge is 0.481 e. The predicted molar refractivity (Wildman–Crippen MR) is 84.9 cm³/mol. The van der Waals surface area contributed by atoms with Gasteiger partial charge in [-0.2, -0.15) is 0 Å². The number of hydrogen-bond donors (Lipinski definition) is 2. The van der Waals surface area contributed by atoms with Gasteiger partial charge < -0.3 is 15.8 Å². The topological polar surface area (TPSA) is 81.4 Å². The predicted octanol–water partition coefficient (Wildman–Crippen LogP) is 2.50. The highest BCUT2D eigenvalue weighted by atomic mass is 16.5.